The van der Waals surface area contributed by atoms with Gasteiger partial charge in [0.15, 0.2) is 0 Å². The molecule has 0 N–H and O–H groups in total. The minimum atomic E-state index is -0.571. The van der Waals surface area contributed by atoms with Gasteiger partial charge in [-0.25, -0.2) is 4.79 Å². The number of ether oxygens (including phenoxy) is 3. The second kappa shape index (κ2) is 10.00. The molecule has 1 aromatic carbocycles. The van der Waals surface area contributed by atoms with E-state index in [9.17, 15) is 9.59 Å². The molecule has 1 rings (SSSR count). The summed E-state index contributed by atoms with van der Waals surface area (Å²) in [5.74, 6) is -1.01. The molecule has 0 saturated carbocycles. The topological polar surface area (TPSA) is 61.8 Å². The Bertz CT molecular complexity index is 612. The van der Waals surface area contributed by atoms with Gasteiger partial charge in [0, 0.05) is 12.5 Å². The van der Waals surface area contributed by atoms with Crippen LogP contribution in [0.1, 0.15) is 12.5 Å². The Labute approximate surface area is 135 Å². The molecule has 1 aromatic rings. The molecule has 0 bridgehead atoms. The molecule has 0 amide bonds. The second-order valence-electron chi connectivity index (χ2n) is 4.50. The average Bonchev–Trinajstić information content (AvgIpc) is 2.56. The van der Waals surface area contributed by atoms with Crippen molar-refractivity contribution in [1.29, 1.82) is 0 Å². The molecule has 23 heavy (non-hydrogen) atoms. The number of hydrogen-bond acceptors (Lipinski definition) is 5. The Morgan fingerprint density at radius 1 is 1.13 bits per heavy atom. The van der Waals surface area contributed by atoms with Crippen molar-refractivity contribution in [2.45, 2.75) is 6.92 Å². The van der Waals surface area contributed by atoms with E-state index >= 15 is 0 Å². The van der Waals surface area contributed by atoms with Crippen LogP contribution in [0.2, 0.25) is 0 Å². The molecule has 0 aliphatic heterocycles. The van der Waals surface area contributed by atoms with E-state index < -0.39 is 11.9 Å². The maximum absolute atomic E-state index is 11.8. The summed E-state index contributed by atoms with van der Waals surface area (Å²) in [5.41, 5.74) is 1.67. The fraction of sp³-hybridized carbons (Fsp3) is 0.222. The van der Waals surface area contributed by atoms with E-state index in [1.165, 1.54) is 27.4 Å². The van der Waals surface area contributed by atoms with Crippen molar-refractivity contribution in [3.63, 3.8) is 0 Å². The van der Waals surface area contributed by atoms with Crippen molar-refractivity contribution in [3.8, 4) is 0 Å². The van der Waals surface area contributed by atoms with E-state index in [-0.39, 0.29) is 12.2 Å². The van der Waals surface area contributed by atoms with Gasteiger partial charge in [-0.3, -0.25) is 4.79 Å². The van der Waals surface area contributed by atoms with Crippen LogP contribution in [0.15, 0.2) is 59.9 Å². The molecular weight excluding hydrogens is 296 g/mol. The Hall–Kier alpha value is -2.82. The Morgan fingerprint density at radius 2 is 1.83 bits per heavy atom. The fourth-order valence-corrected chi connectivity index (χ4v) is 1.72. The van der Waals surface area contributed by atoms with Gasteiger partial charge in [0.1, 0.15) is 12.2 Å². The predicted octanol–water partition coefficient (Wildman–Crippen LogP) is 2.89. The fourth-order valence-electron chi connectivity index (χ4n) is 1.72. The van der Waals surface area contributed by atoms with E-state index in [1.54, 1.807) is 12.2 Å². The Kier molecular flexibility index (Phi) is 7.92. The smallest absolute Gasteiger partial charge is 0.341 e. The van der Waals surface area contributed by atoms with Crippen molar-refractivity contribution < 1.29 is 23.8 Å². The van der Waals surface area contributed by atoms with E-state index in [1.807, 2.05) is 36.4 Å². The Balaban J connectivity index is 3.04. The molecule has 0 fully saturated rings. The summed E-state index contributed by atoms with van der Waals surface area (Å²) in [6, 6.07) is 9.67. The van der Waals surface area contributed by atoms with Crippen molar-refractivity contribution in [2.75, 3.05) is 20.8 Å². The molecular formula is C18H20O5. The minimum Gasteiger partial charge on any atom is -0.503 e. The maximum atomic E-state index is 11.8. The van der Waals surface area contributed by atoms with Crippen LogP contribution in [0.3, 0.4) is 0 Å². The quantitative estimate of drug-likeness (QED) is 0.335. The third kappa shape index (κ3) is 6.65. The highest BCUT2D eigenvalue weighted by molar-refractivity contribution is 5.93. The molecule has 0 atom stereocenters. The van der Waals surface area contributed by atoms with Gasteiger partial charge in [-0.15, -0.1) is 0 Å². The number of esters is 2. The van der Waals surface area contributed by atoms with Crippen LogP contribution in [0.25, 0.3) is 6.08 Å². The molecule has 0 saturated heterocycles. The van der Waals surface area contributed by atoms with Gasteiger partial charge in [0.05, 0.1) is 20.5 Å². The van der Waals surface area contributed by atoms with Gasteiger partial charge in [0.2, 0.25) is 0 Å². The summed E-state index contributed by atoms with van der Waals surface area (Å²) in [4.78, 5) is 22.9. The molecule has 5 heteroatoms. The van der Waals surface area contributed by atoms with E-state index in [0.29, 0.717) is 5.57 Å². The number of benzene rings is 1. The average molecular weight is 316 g/mol. The number of methoxy groups -OCH3 is 2. The third-order valence-corrected chi connectivity index (χ3v) is 2.80. The summed E-state index contributed by atoms with van der Waals surface area (Å²) in [5, 5.41) is 0. The summed E-state index contributed by atoms with van der Waals surface area (Å²) < 4.78 is 14.6. The standard InChI is InChI=1S/C18H20O5/c1-14(19)23-12-16(17(13-21-2)18(20)22-3)11-7-10-15-8-5-4-6-9-15/h4-11,13H,12H2,1-3H3/b10-7+,16-11-,17-13+. The lowest BCUT2D eigenvalue weighted by atomic mass is 10.1. The normalized spacial score (nSPS) is 12.1. The minimum absolute atomic E-state index is 0.0568. The van der Waals surface area contributed by atoms with Crippen LogP contribution in [0.5, 0.6) is 0 Å². The van der Waals surface area contributed by atoms with Crippen molar-refractivity contribution in [1.82, 2.24) is 0 Å². The zero-order valence-corrected chi connectivity index (χ0v) is 13.4. The van der Waals surface area contributed by atoms with Crippen LogP contribution in [0, 0.1) is 0 Å². The largest absolute Gasteiger partial charge is 0.503 e. The van der Waals surface area contributed by atoms with Crippen molar-refractivity contribution in [3.05, 3.63) is 65.5 Å². The first kappa shape index (κ1) is 18.2. The monoisotopic (exact) mass is 316 g/mol. The van der Waals surface area contributed by atoms with Gasteiger partial charge >= 0.3 is 11.9 Å². The summed E-state index contributed by atoms with van der Waals surface area (Å²) >= 11 is 0. The van der Waals surface area contributed by atoms with Crippen molar-refractivity contribution >= 4 is 18.0 Å². The van der Waals surface area contributed by atoms with Gasteiger partial charge in [-0.05, 0) is 5.56 Å². The molecule has 0 radical (unpaired) electrons. The van der Waals surface area contributed by atoms with Gasteiger partial charge < -0.3 is 14.2 Å². The van der Waals surface area contributed by atoms with Crippen LogP contribution >= 0.6 is 0 Å². The maximum Gasteiger partial charge on any atom is 0.341 e. The lowest BCUT2D eigenvalue weighted by Gasteiger charge is -2.09. The lowest BCUT2D eigenvalue weighted by Crippen LogP contribution is -2.13. The SMILES string of the molecule is CO\C=C(C(=O)OC)/C(=C\C=C\c1ccccc1)COC(C)=O. The number of allylic oxidation sites excluding steroid dienone is 2. The molecule has 0 unspecified atom stereocenters. The molecule has 122 valence electrons. The first-order valence-electron chi connectivity index (χ1n) is 6.95. The molecule has 0 aliphatic rings. The van der Waals surface area contributed by atoms with Crippen LogP contribution < -0.4 is 0 Å². The van der Waals surface area contributed by atoms with Crippen LogP contribution in [-0.2, 0) is 23.8 Å². The highest BCUT2D eigenvalue weighted by Gasteiger charge is 2.16. The van der Waals surface area contributed by atoms with Crippen molar-refractivity contribution in [2.24, 2.45) is 0 Å². The third-order valence-electron chi connectivity index (χ3n) is 2.80. The first-order valence-corrected chi connectivity index (χ1v) is 6.95. The zero-order valence-electron chi connectivity index (χ0n) is 13.4. The molecule has 0 heterocycles. The summed E-state index contributed by atoms with van der Waals surface area (Å²) in [6.45, 7) is 1.24. The number of carbonyl (C=O) groups excluding carboxylic acids is 2. The first-order chi connectivity index (χ1) is 11.1. The van der Waals surface area contributed by atoms with Crippen LogP contribution in [-0.4, -0.2) is 32.8 Å². The zero-order chi connectivity index (χ0) is 17.1. The van der Waals surface area contributed by atoms with Crippen LogP contribution in [0.4, 0.5) is 0 Å². The van der Waals surface area contributed by atoms with E-state index in [0.717, 1.165) is 5.56 Å². The number of hydrogen-bond donors (Lipinski definition) is 0. The van der Waals surface area contributed by atoms with E-state index in [4.69, 9.17) is 14.2 Å². The highest BCUT2D eigenvalue weighted by atomic mass is 16.5. The second-order valence-corrected chi connectivity index (χ2v) is 4.50. The summed E-state index contributed by atoms with van der Waals surface area (Å²) in [6.07, 6.45) is 6.57. The predicted molar refractivity (Wildman–Crippen MR) is 87.3 cm³/mol. The van der Waals surface area contributed by atoms with Gasteiger partial charge in [0.25, 0.3) is 0 Å². The number of rotatable bonds is 7. The van der Waals surface area contributed by atoms with Gasteiger partial charge in [-0.1, -0.05) is 48.6 Å². The molecule has 5 nitrogen and oxygen atoms in total. The molecule has 0 aromatic heterocycles. The lowest BCUT2D eigenvalue weighted by molar-refractivity contribution is -0.141. The van der Waals surface area contributed by atoms with Gasteiger partial charge in [-0.2, -0.15) is 0 Å². The number of carbonyl (C=O) groups is 2. The Morgan fingerprint density at radius 3 is 2.39 bits per heavy atom. The summed E-state index contributed by atoms with van der Waals surface area (Å²) in [7, 11) is 2.70. The molecule has 0 spiro atoms. The molecule has 0 aliphatic carbocycles. The van der Waals surface area contributed by atoms with E-state index in [2.05, 4.69) is 0 Å². The highest BCUT2D eigenvalue weighted by Crippen LogP contribution is 2.14.